The van der Waals surface area contributed by atoms with Crippen LogP contribution >= 0.6 is 0 Å². The van der Waals surface area contributed by atoms with Crippen molar-refractivity contribution in [3.63, 3.8) is 0 Å². The van der Waals surface area contributed by atoms with Crippen molar-refractivity contribution < 1.29 is 4.52 Å². The van der Waals surface area contributed by atoms with Crippen LogP contribution in [-0.4, -0.2) is 11.2 Å². The number of nitrogens with zero attached hydrogens (tertiary/aromatic N) is 1. The summed E-state index contributed by atoms with van der Waals surface area (Å²) in [5, 5.41) is 7.57. The lowest BCUT2D eigenvalue weighted by Gasteiger charge is -2.29. The van der Waals surface area contributed by atoms with Crippen LogP contribution in [0.3, 0.4) is 0 Å². The van der Waals surface area contributed by atoms with E-state index in [0.717, 1.165) is 23.9 Å². The van der Waals surface area contributed by atoms with Crippen LogP contribution in [0, 0.1) is 12.8 Å². The minimum atomic E-state index is 0.663. The summed E-state index contributed by atoms with van der Waals surface area (Å²) in [5.41, 5.74) is 1.02. The molecule has 1 aliphatic carbocycles. The zero-order valence-electron chi connectivity index (χ0n) is 9.62. The van der Waals surface area contributed by atoms with Crippen molar-refractivity contribution in [1.82, 2.24) is 10.5 Å². The van der Waals surface area contributed by atoms with Crippen LogP contribution in [0.5, 0.6) is 0 Å². The highest BCUT2D eigenvalue weighted by Gasteiger charge is 2.20. The maximum Gasteiger partial charge on any atom is 0.133 e. The molecule has 0 bridgehead atoms. The Kier molecular flexibility index (Phi) is 3.41. The molecular weight excluding hydrogens is 188 g/mol. The van der Waals surface area contributed by atoms with Crippen molar-refractivity contribution in [2.45, 2.75) is 52.1 Å². The van der Waals surface area contributed by atoms with Gasteiger partial charge in [-0.05, 0) is 25.7 Å². The number of aryl methyl sites for hydroxylation is 1. The Balaban J connectivity index is 1.81. The smallest absolute Gasteiger partial charge is 0.133 e. The third-order valence-corrected chi connectivity index (χ3v) is 3.33. The molecule has 3 nitrogen and oxygen atoms in total. The lowest BCUT2D eigenvalue weighted by Crippen LogP contribution is -2.36. The molecule has 1 aromatic rings. The molecule has 2 unspecified atom stereocenters. The molecule has 0 amide bonds. The molecule has 0 radical (unpaired) electrons. The van der Waals surface area contributed by atoms with Crippen LogP contribution < -0.4 is 5.32 Å². The largest absolute Gasteiger partial charge is 0.361 e. The van der Waals surface area contributed by atoms with E-state index in [1.807, 2.05) is 13.0 Å². The molecule has 1 aromatic heterocycles. The molecular formula is C12H20N2O. The van der Waals surface area contributed by atoms with Gasteiger partial charge in [-0.15, -0.1) is 0 Å². The van der Waals surface area contributed by atoms with Crippen molar-refractivity contribution in [1.29, 1.82) is 0 Å². The summed E-state index contributed by atoms with van der Waals surface area (Å²) in [6, 6.07) is 2.66. The van der Waals surface area contributed by atoms with Crippen molar-refractivity contribution in [3.05, 3.63) is 17.5 Å². The third kappa shape index (κ3) is 2.81. The molecule has 1 fully saturated rings. The van der Waals surface area contributed by atoms with Gasteiger partial charge in [-0.3, -0.25) is 0 Å². The first-order valence-electron chi connectivity index (χ1n) is 5.91. The Morgan fingerprint density at radius 2 is 2.27 bits per heavy atom. The van der Waals surface area contributed by atoms with Gasteiger partial charge in [-0.1, -0.05) is 24.9 Å². The Morgan fingerprint density at radius 1 is 1.47 bits per heavy atom. The van der Waals surface area contributed by atoms with Gasteiger partial charge < -0.3 is 9.84 Å². The number of nitrogens with one attached hydrogen (secondary N) is 1. The molecule has 2 atom stereocenters. The molecule has 2 rings (SSSR count). The van der Waals surface area contributed by atoms with E-state index in [4.69, 9.17) is 4.52 Å². The Morgan fingerprint density at radius 3 is 2.93 bits per heavy atom. The molecule has 0 aliphatic heterocycles. The maximum atomic E-state index is 5.04. The normalized spacial score (nSPS) is 26.8. The molecule has 3 heteroatoms. The van der Waals surface area contributed by atoms with E-state index in [1.165, 1.54) is 25.7 Å². The molecule has 0 spiro atoms. The van der Waals surface area contributed by atoms with Crippen LogP contribution in [0.4, 0.5) is 0 Å². The first-order valence-corrected chi connectivity index (χ1v) is 5.91. The molecule has 0 aromatic carbocycles. The maximum absolute atomic E-state index is 5.04. The average Bonchev–Trinajstić information content (AvgIpc) is 2.63. The van der Waals surface area contributed by atoms with Crippen LogP contribution in [-0.2, 0) is 6.54 Å². The first kappa shape index (κ1) is 10.7. The number of aromatic nitrogens is 1. The average molecular weight is 208 g/mol. The summed E-state index contributed by atoms with van der Waals surface area (Å²) >= 11 is 0. The fourth-order valence-electron chi connectivity index (χ4n) is 2.36. The third-order valence-electron chi connectivity index (χ3n) is 3.33. The fraction of sp³-hybridized carbons (Fsp3) is 0.750. The van der Waals surface area contributed by atoms with Gasteiger partial charge >= 0.3 is 0 Å². The predicted octanol–water partition coefficient (Wildman–Crippen LogP) is 2.65. The summed E-state index contributed by atoms with van der Waals surface area (Å²) in [6.45, 7) is 5.11. The Bertz CT molecular complexity index is 308. The van der Waals surface area contributed by atoms with E-state index in [9.17, 15) is 0 Å². The van der Waals surface area contributed by atoms with Gasteiger partial charge in [0.2, 0.25) is 0 Å². The zero-order valence-corrected chi connectivity index (χ0v) is 9.62. The van der Waals surface area contributed by atoms with E-state index in [0.29, 0.717) is 6.04 Å². The van der Waals surface area contributed by atoms with Crippen LogP contribution in [0.15, 0.2) is 10.6 Å². The van der Waals surface area contributed by atoms with Gasteiger partial charge in [0.25, 0.3) is 0 Å². The SMILES string of the molecule is Cc1cc(CNC2CCCCC2C)no1. The Hall–Kier alpha value is -0.830. The van der Waals surface area contributed by atoms with E-state index in [2.05, 4.69) is 17.4 Å². The molecule has 15 heavy (non-hydrogen) atoms. The molecule has 1 N–H and O–H groups in total. The Labute approximate surface area is 91.2 Å². The highest BCUT2D eigenvalue weighted by molar-refractivity contribution is 5.03. The lowest BCUT2D eigenvalue weighted by molar-refractivity contribution is 0.276. The summed E-state index contributed by atoms with van der Waals surface area (Å²) in [5.74, 6) is 1.69. The summed E-state index contributed by atoms with van der Waals surface area (Å²) < 4.78 is 5.04. The molecule has 1 saturated carbocycles. The van der Waals surface area contributed by atoms with Gasteiger partial charge in [0.15, 0.2) is 0 Å². The van der Waals surface area contributed by atoms with Crippen LogP contribution in [0.1, 0.15) is 44.1 Å². The van der Waals surface area contributed by atoms with Crippen LogP contribution in [0.25, 0.3) is 0 Å². The lowest BCUT2D eigenvalue weighted by atomic mass is 9.86. The van der Waals surface area contributed by atoms with E-state index < -0.39 is 0 Å². The number of hydrogen-bond donors (Lipinski definition) is 1. The van der Waals surface area contributed by atoms with Gasteiger partial charge in [0.1, 0.15) is 5.76 Å². The molecule has 0 saturated heterocycles. The minimum absolute atomic E-state index is 0.663. The summed E-state index contributed by atoms with van der Waals surface area (Å²) in [4.78, 5) is 0. The van der Waals surface area contributed by atoms with Crippen molar-refractivity contribution in [2.24, 2.45) is 5.92 Å². The number of hydrogen-bond acceptors (Lipinski definition) is 3. The zero-order chi connectivity index (χ0) is 10.7. The van der Waals surface area contributed by atoms with Crippen molar-refractivity contribution >= 4 is 0 Å². The second-order valence-electron chi connectivity index (χ2n) is 4.68. The van der Waals surface area contributed by atoms with E-state index in [1.54, 1.807) is 0 Å². The molecule has 1 heterocycles. The molecule has 1 aliphatic rings. The van der Waals surface area contributed by atoms with Gasteiger partial charge in [-0.2, -0.15) is 0 Å². The number of rotatable bonds is 3. The fourth-order valence-corrected chi connectivity index (χ4v) is 2.36. The van der Waals surface area contributed by atoms with E-state index in [-0.39, 0.29) is 0 Å². The monoisotopic (exact) mass is 208 g/mol. The molecule has 84 valence electrons. The summed E-state index contributed by atoms with van der Waals surface area (Å²) in [6.07, 6.45) is 5.41. The minimum Gasteiger partial charge on any atom is -0.361 e. The highest BCUT2D eigenvalue weighted by Crippen LogP contribution is 2.23. The predicted molar refractivity (Wildman–Crippen MR) is 59.5 cm³/mol. The quantitative estimate of drug-likeness (QED) is 0.829. The second-order valence-corrected chi connectivity index (χ2v) is 4.68. The summed E-state index contributed by atoms with van der Waals surface area (Å²) in [7, 11) is 0. The van der Waals surface area contributed by atoms with Gasteiger partial charge in [0, 0.05) is 18.7 Å². The van der Waals surface area contributed by atoms with Crippen molar-refractivity contribution in [3.8, 4) is 0 Å². The van der Waals surface area contributed by atoms with Gasteiger partial charge in [0.05, 0.1) is 5.69 Å². The topological polar surface area (TPSA) is 38.1 Å². The van der Waals surface area contributed by atoms with E-state index >= 15 is 0 Å². The first-order chi connectivity index (χ1) is 7.25. The van der Waals surface area contributed by atoms with Crippen LogP contribution in [0.2, 0.25) is 0 Å². The second kappa shape index (κ2) is 4.79. The van der Waals surface area contributed by atoms with Gasteiger partial charge in [-0.25, -0.2) is 0 Å². The highest BCUT2D eigenvalue weighted by atomic mass is 16.5. The van der Waals surface area contributed by atoms with Crippen molar-refractivity contribution in [2.75, 3.05) is 0 Å². The standard InChI is InChI=1S/C12H20N2O/c1-9-5-3-4-6-12(9)13-8-11-7-10(2)15-14-11/h7,9,12-13H,3-6,8H2,1-2H3.